The topological polar surface area (TPSA) is 179 Å². The zero-order valence-electron chi connectivity index (χ0n) is 20.9. The summed E-state index contributed by atoms with van der Waals surface area (Å²) in [6, 6.07) is 0. The van der Waals surface area contributed by atoms with Crippen LogP contribution in [0.1, 0.15) is 53.4 Å². The van der Waals surface area contributed by atoms with Crippen LogP contribution in [0.5, 0.6) is 0 Å². The van der Waals surface area contributed by atoms with Crippen molar-refractivity contribution in [1.82, 2.24) is 0 Å². The van der Waals surface area contributed by atoms with E-state index in [1.54, 1.807) is 0 Å². The summed E-state index contributed by atoms with van der Waals surface area (Å²) in [4.78, 5) is 0. The third-order valence-electron chi connectivity index (χ3n) is 7.46. The van der Waals surface area contributed by atoms with E-state index in [9.17, 15) is 35.7 Å². The Labute approximate surface area is 205 Å². The van der Waals surface area contributed by atoms with Crippen molar-refractivity contribution in [2.75, 3.05) is 19.8 Å². The molecule has 0 aromatic heterocycles. The van der Waals surface area contributed by atoms with Crippen LogP contribution in [0.4, 0.5) is 0 Å². The predicted molar refractivity (Wildman–Crippen MR) is 122 cm³/mol. The smallest absolute Gasteiger partial charge is 0.186 e. The van der Waals surface area contributed by atoms with Crippen molar-refractivity contribution in [3.63, 3.8) is 0 Å². The number of rotatable bonds is 9. The number of ether oxygens (including phenoxy) is 4. The molecule has 0 aromatic rings. The highest BCUT2D eigenvalue weighted by molar-refractivity contribution is 5.24. The van der Waals surface area contributed by atoms with E-state index in [1.165, 1.54) is 11.1 Å². The first-order valence-corrected chi connectivity index (χ1v) is 12.3. The summed E-state index contributed by atoms with van der Waals surface area (Å²) in [5.74, 6) is 0. The van der Waals surface area contributed by atoms with Crippen LogP contribution in [0, 0.1) is 5.41 Å². The third-order valence-corrected chi connectivity index (χ3v) is 7.46. The van der Waals surface area contributed by atoms with Gasteiger partial charge in [-0.25, -0.2) is 0 Å². The second-order valence-corrected chi connectivity index (χ2v) is 10.9. The molecule has 0 saturated carbocycles. The molecule has 11 nitrogen and oxygen atoms in total. The van der Waals surface area contributed by atoms with E-state index >= 15 is 0 Å². The third kappa shape index (κ3) is 6.42. The fourth-order valence-electron chi connectivity index (χ4n) is 5.33. The zero-order valence-corrected chi connectivity index (χ0v) is 20.9. The zero-order chi connectivity index (χ0) is 26.1. The minimum Gasteiger partial charge on any atom is -0.393 e. The second-order valence-electron chi connectivity index (χ2n) is 10.9. The first-order valence-electron chi connectivity index (χ1n) is 12.3. The summed E-state index contributed by atoms with van der Waals surface area (Å²) in [7, 11) is 0. The minimum absolute atomic E-state index is 0.125. The van der Waals surface area contributed by atoms with Crippen molar-refractivity contribution in [2.45, 2.75) is 114 Å². The van der Waals surface area contributed by atoms with E-state index < -0.39 is 55.3 Å². The first-order chi connectivity index (χ1) is 16.3. The largest absolute Gasteiger partial charge is 0.393 e. The van der Waals surface area contributed by atoms with Gasteiger partial charge in [-0.2, -0.15) is 0 Å². The molecule has 2 aliphatic heterocycles. The molecule has 2 heterocycles. The first kappa shape index (κ1) is 28.9. The predicted octanol–water partition coefficient (Wildman–Crippen LogP) is -1.07. The van der Waals surface area contributed by atoms with Crippen molar-refractivity contribution >= 4 is 0 Å². The van der Waals surface area contributed by atoms with Crippen LogP contribution in [0.3, 0.4) is 0 Å². The van der Waals surface area contributed by atoms with Crippen LogP contribution in [0.15, 0.2) is 11.1 Å². The molecule has 1 aliphatic carbocycles. The number of allylic oxidation sites excluding steroid dienone is 1. The Balaban J connectivity index is 1.55. The normalized spacial score (nSPS) is 42.9. The van der Waals surface area contributed by atoms with Crippen LogP contribution in [-0.2, 0) is 18.9 Å². The highest BCUT2D eigenvalue weighted by Crippen LogP contribution is 2.42. The Morgan fingerprint density at radius 1 is 1.06 bits per heavy atom. The summed E-state index contributed by atoms with van der Waals surface area (Å²) < 4.78 is 22.2. The fourth-order valence-corrected chi connectivity index (χ4v) is 5.33. The summed E-state index contributed by atoms with van der Waals surface area (Å²) in [6.45, 7) is 6.71. The van der Waals surface area contributed by atoms with Gasteiger partial charge in [0.1, 0.15) is 36.1 Å². The minimum atomic E-state index is -1.85. The number of hydrogen-bond donors (Lipinski definition) is 7. The molecule has 7 N–H and O–H groups in total. The van der Waals surface area contributed by atoms with Gasteiger partial charge in [0.2, 0.25) is 0 Å². The quantitative estimate of drug-likeness (QED) is 0.189. The van der Waals surface area contributed by atoms with Gasteiger partial charge in [-0.3, -0.25) is 0 Å². The summed E-state index contributed by atoms with van der Waals surface area (Å²) in [5.41, 5.74) is 0.477. The number of aliphatic hydroxyl groups excluding tert-OH is 6. The van der Waals surface area contributed by atoms with Crippen LogP contribution in [0.2, 0.25) is 0 Å². The van der Waals surface area contributed by atoms with Gasteiger partial charge in [-0.05, 0) is 44.9 Å². The molecule has 3 aliphatic rings. The van der Waals surface area contributed by atoms with E-state index in [2.05, 4.69) is 13.8 Å². The summed E-state index contributed by atoms with van der Waals surface area (Å²) in [5, 5.41) is 70.6. The van der Waals surface area contributed by atoms with Gasteiger partial charge < -0.3 is 54.7 Å². The molecule has 204 valence electrons. The highest BCUT2D eigenvalue weighted by atomic mass is 16.7. The molecule has 2 saturated heterocycles. The molecule has 0 unspecified atom stereocenters. The molecule has 11 heteroatoms. The van der Waals surface area contributed by atoms with Crippen LogP contribution >= 0.6 is 0 Å². The van der Waals surface area contributed by atoms with E-state index in [-0.39, 0.29) is 30.8 Å². The fraction of sp³-hybridized carbons (Fsp3) is 0.917. The Morgan fingerprint density at radius 2 is 1.74 bits per heavy atom. The lowest BCUT2D eigenvalue weighted by atomic mass is 9.70. The Kier molecular flexibility index (Phi) is 9.37. The highest BCUT2D eigenvalue weighted by Gasteiger charge is 2.50. The number of hydrogen-bond acceptors (Lipinski definition) is 11. The lowest BCUT2D eigenvalue weighted by Gasteiger charge is -2.41. The van der Waals surface area contributed by atoms with Crippen molar-refractivity contribution < 1.29 is 54.7 Å². The molecular weight excluding hydrogens is 464 g/mol. The maximum absolute atomic E-state index is 10.4. The van der Waals surface area contributed by atoms with Gasteiger partial charge in [0.25, 0.3) is 0 Å². The molecule has 0 spiro atoms. The molecular formula is C24H42O11. The lowest BCUT2D eigenvalue weighted by molar-refractivity contribution is -0.317. The average molecular weight is 507 g/mol. The number of aliphatic hydroxyl groups is 7. The van der Waals surface area contributed by atoms with Gasteiger partial charge in [0, 0.05) is 0 Å². The van der Waals surface area contributed by atoms with Gasteiger partial charge in [-0.15, -0.1) is 0 Å². The molecule has 0 amide bonds. The molecule has 0 aromatic carbocycles. The van der Waals surface area contributed by atoms with Gasteiger partial charge in [-0.1, -0.05) is 25.0 Å². The van der Waals surface area contributed by atoms with E-state index in [4.69, 9.17) is 18.9 Å². The molecule has 35 heavy (non-hydrogen) atoms. The molecule has 0 radical (unpaired) electrons. The maximum Gasteiger partial charge on any atom is 0.186 e. The summed E-state index contributed by atoms with van der Waals surface area (Å²) >= 11 is 0. The molecule has 3 rings (SSSR count). The SMILES string of the molecule is CC1=C(CC[C@@H](C)O[C@@H]2O[C@H](CO[C@@H]3OC[C@](O)(CO)[C@H]3O)[C@@H](O)[C@H](O)[C@H]2O)C(C)(C)C[C@H](O)C1. The average Bonchev–Trinajstić information content (AvgIpc) is 3.06. The van der Waals surface area contributed by atoms with Crippen molar-refractivity contribution in [2.24, 2.45) is 5.41 Å². The van der Waals surface area contributed by atoms with Crippen LogP contribution < -0.4 is 0 Å². The molecule has 0 bridgehead atoms. The van der Waals surface area contributed by atoms with Crippen molar-refractivity contribution in [1.29, 1.82) is 0 Å². The molecule has 2 fully saturated rings. The van der Waals surface area contributed by atoms with Crippen molar-refractivity contribution in [3.05, 3.63) is 11.1 Å². The van der Waals surface area contributed by atoms with Gasteiger partial charge in [0.05, 0.1) is 32.0 Å². The Bertz CT molecular complexity index is 743. The lowest BCUT2D eigenvalue weighted by Crippen LogP contribution is -2.60. The molecule has 10 atom stereocenters. The standard InChI is InChI=1S/C24H42O11/c1-12-7-14(26)8-23(3,4)15(12)6-5-13(2)34-21-19(29)18(28)17(27)16(35-21)9-32-22-20(30)24(31,10-25)11-33-22/h13-14,16-22,25-31H,5-11H2,1-4H3/t13-,14-,16-,17-,18+,19-,20+,21-,22-,24-/m1/s1. The van der Waals surface area contributed by atoms with E-state index in [0.717, 1.165) is 6.42 Å². The van der Waals surface area contributed by atoms with E-state index in [1.807, 2.05) is 13.8 Å². The second kappa shape index (κ2) is 11.4. The summed E-state index contributed by atoms with van der Waals surface area (Å²) in [6.07, 6.45) is -7.60. The van der Waals surface area contributed by atoms with E-state index in [0.29, 0.717) is 19.3 Å². The van der Waals surface area contributed by atoms with Crippen molar-refractivity contribution in [3.8, 4) is 0 Å². The van der Waals surface area contributed by atoms with Crippen LogP contribution in [-0.4, -0.2) is 116 Å². The van der Waals surface area contributed by atoms with Crippen LogP contribution in [0.25, 0.3) is 0 Å². The van der Waals surface area contributed by atoms with Gasteiger partial charge >= 0.3 is 0 Å². The maximum atomic E-state index is 10.4. The van der Waals surface area contributed by atoms with Gasteiger partial charge in [0.15, 0.2) is 12.6 Å². The monoisotopic (exact) mass is 506 g/mol. The Hall–Kier alpha value is -0.700. The Morgan fingerprint density at radius 3 is 2.34 bits per heavy atom.